The van der Waals surface area contributed by atoms with Gasteiger partial charge in [-0.2, -0.15) is 4.98 Å². The average molecular weight is 295 g/mol. The Hall–Kier alpha value is -1.69. The molecule has 17 heavy (non-hydrogen) atoms. The molecule has 0 spiro atoms. The van der Waals surface area contributed by atoms with Gasteiger partial charge >= 0.3 is 0 Å². The van der Waals surface area contributed by atoms with Crippen molar-refractivity contribution in [1.29, 1.82) is 0 Å². The highest BCUT2D eigenvalue weighted by Gasteiger charge is 2.04. The van der Waals surface area contributed by atoms with Crippen LogP contribution < -0.4 is 10.5 Å². The van der Waals surface area contributed by atoms with Crippen LogP contribution in [0.1, 0.15) is 12.7 Å². The Morgan fingerprint density at radius 1 is 1.29 bits per heavy atom. The van der Waals surface area contributed by atoms with E-state index >= 15 is 0 Å². The second kappa shape index (κ2) is 5.09. The maximum absolute atomic E-state index is 5.66. The second-order valence-electron chi connectivity index (χ2n) is 3.34. The number of aryl methyl sites for hydroxylation is 1. The number of aromatic nitrogens is 3. The van der Waals surface area contributed by atoms with Gasteiger partial charge in [-0.25, -0.2) is 4.98 Å². The van der Waals surface area contributed by atoms with Crippen LogP contribution in [0.25, 0.3) is 0 Å². The lowest BCUT2D eigenvalue weighted by Crippen LogP contribution is -2.00. The molecule has 0 aliphatic rings. The van der Waals surface area contributed by atoms with Crippen molar-refractivity contribution in [1.82, 2.24) is 15.0 Å². The fraction of sp³-hybridized carbons (Fsp3) is 0.182. The van der Waals surface area contributed by atoms with Gasteiger partial charge in [-0.05, 0) is 22.0 Å². The molecule has 0 aliphatic heterocycles. The molecule has 2 rings (SSSR count). The third-order valence-electron chi connectivity index (χ3n) is 1.99. The molecule has 5 nitrogen and oxygen atoms in total. The minimum Gasteiger partial charge on any atom is -0.437 e. The third-order valence-corrected chi connectivity index (χ3v) is 2.42. The number of ether oxygens (including phenoxy) is 1. The van der Waals surface area contributed by atoms with Crippen molar-refractivity contribution in [3.63, 3.8) is 0 Å². The van der Waals surface area contributed by atoms with E-state index < -0.39 is 0 Å². The highest BCUT2D eigenvalue weighted by Crippen LogP contribution is 2.22. The van der Waals surface area contributed by atoms with E-state index in [1.54, 1.807) is 24.5 Å². The number of nitrogens with two attached hydrogens (primary N) is 1. The Labute approximate surface area is 107 Å². The summed E-state index contributed by atoms with van der Waals surface area (Å²) in [5.74, 6) is 2.08. The average Bonchev–Trinajstić information content (AvgIpc) is 2.28. The van der Waals surface area contributed by atoms with Crippen molar-refractivity contribution in [2.45, 2.75) is 13.3 Å². The molecule has 0 unspecified atom stereocenters. The van der Waals surface area contributed by atoms with Gasteiger partial charge in [0, 0.05) is 23.2 Å². The summed E-state index contributed by atoms with van der Waals surface area (Å²) in [6.45, 7) is 1.96. The highest BCUT2D eigenvalue weighted by molar-refractivity contribution is 9.10. The molecule has 0 atom stereocenters. The van der Waals surface area contributed by atoms with Gasteiger partial charge in [-0.3, -0.25) is 4.98 Å². The number of halogens is 1. The van der Waals surface area contributed by atoms with Gasteiger partial charge < -0.3 is 10.5 Å². The van der Waals surface area contributed by atoms with Gasteiger partial charge in [-0.15, -0.1) is 0 Å². The Bertz CT molecular complexity index is 533. The maximum atomic E-state index is 5.66. The van der Waals surface area contributed by atoms with Crippen LogP contribution in [0.2, 0.25) is 0 Å². The van der Waals surface area contributed by atoms with Gasteiger partial charge in [0.25, 0.3) is 0 Å². The zero-order valence-electron chi connectivity index (χ0n) is 9.22. The predicted octanol–water partition coefficient (Wildman–Crippen LogP) is 2.57. The summed E-state index contributed by atoms with van der Waals surface area (Å²) in [6, 6.07) is 3.39. The van der Waals surface area contributed by atoms with E-state index in [-0.39, 0.29) is 0 Å². The SMILES string of the molecule is CCc1nc(N)cc(Oc2cncc(Br)c2)n1. The molecular formula is C11H11BrN4O. The van der Waals surface area contributed by atoms with E-state index in [9.17, 15) is 0 Å². The predicted molar refractivity (Wildman–Crippen MR) is 67.8 cm³/mol. The van der Waals surface area contributed by atoms with E-state index in [4.69, 9.17) is 10.5 Å². The summed E-state index contributed by atoms with van der Waals surface area (Å²) in [5.41, 5.74) is 5.66. The van der Waals surface area contributed by atoms with Gasteiger partial charge in [0.2, 0.25) is 5.88 Å². The molecular weight excluding hydrogens is 284 g/mol. The topological polar surface area (TPSA) is 73.9 Å². The lowest BCUT2D eigenvalue weighted by Gasteiger charge is -2.06. The molecule has 2 heterocycles. The zero-order valence-corrected chi connectivity index (χ0v) is 10.8. The lowest BCUT2D eigenvalue weighted by atomic mass is 10.4. The summed E-state index contributed by atoms with van der Waals surface area (Å²) in [7, 11) is 0. The largest absolute Gasteiger partial charge is 0.437 e. The van der Waals surface area contributed by atoms with E-state index in [0.717, 1.165) is 4.47 Å². The normalized spacial score (nSPS) is 10.2. The number of nitrogens with zero attached hydrogens (tertiary/aromatic N) is 3. The molecule has 0 bridgehead atoms. The number of rotatable bonds is 3. The fourth-order valence-electron chi connectivity index (χ4n) is 1.27. The van der Waals surface area contributed by atoms with Crippen molar-refractivity contribution < 1.29 is 4.74 Å². The van der Waals surface area contributed by atoms with E-state index in [0.29, 0.717) is 29.7 Å². The summed E-state index contributed by atoms with van der Waals surface area (Å²) < 4.78 is 6.40. The summed E-state index contributed by atoms with van der Waals surface area (Å²) in [5, 5.41) is 0. The second-order valence-corrected chi connectivity index (χ2v) is 4.26. The zero-order chi connectivity index (χ0) is 12.3. The summed E-state index contributed by atoms with van der Waals surface area (Å²) in [6.07, 6.45) is 3.99. The standard InChI is InChI=1S/C11H11BrN4O/c1-2-10-15-9(13)4-11(16-10)17-8-3-7(12)5-14-6-8/h3-6H,2H2,1H3,(H2,13,15,16). The van der Waals surface area contributed by atoms with Gasteiger partial charge in [0.05, 0.1) is 6.20 Å². The number of anilines is 1. The van der Waals surface area contributed by atoms with E-state index in [1.165, 1.54) is 0 Å². The number of hydrogen-bond acceptors (Lipinski definition) is 5. The summed E-state index contributed by atoms with van der Waals surface area (Å²) in [4.78, 5) is 12.3. The molecule has 0 fully saturated rings. The molecule has 2 N–H and O–H groups in total. The number of pyridine rings is 1. The Balaban J connectivity index is 2.26. The minimum atomic E-state index is 0.398. The summed E-state index contributed by atoms with van der Waals surface area (Å²) >= 11 is 3.32. The Kier molecular flexibility index (Phi) is 3.53. The third kappa shape index (κ3) is 3.13. The first-order valence-electron chi connectivity index (χ1n) is 5.09. The maximum Gasteiger partial charge on any atom is 0.224 e. The molecule has 0 saturated carbocycles. The van der Waals surface area contributed by atoms with Gasteiger partial charge in [-0.1, -0.05) is 6.92 Å². The van der Waals surface area contributed by atoms with Crippen molar-refractivity contribution in [2.24, 2.45) is 0 Å². The monoisotopic (exact) mass is 294 g/mol. The smallest absolute Gasteiger partial charge is 0.224 e. The molecule has 6 heteroatoms. The highest BCUT2D eigenvalue weighted by atomic mass is 79.9. The quantitative estimate of drug-likeness (QED) is 0.942. The molecule has 0 saturated heterocycles. The Morgan fingerprint density at radius 3 is 2.82 bits per heavy atom. The van der Waals surface area contributed by atoms with Crippen LogP contribution in [-0.2, 0) is 6.42 Å². The molecule has 2 aromatic rings. The van der Waals surface area contributed by atoms with Crippen molar-refractivity contribution in [2.75, 3.05) is 5.73 Å². The van der Waals surface area contributed by atoms with Crippen LogP contribution in [0.3, 0.4) is 0 Å². The van der Waals surface area contributed by atoms with E-state index in [2.05, 4.69) is 30.9 Å². The molecule has 0 aromatic carbocycles. The molecule has 0 amide bonds. The van der Waals surface area contributed by atoms with Crippen LogP contribution >= 0.6 is 15.9 Å². The van der Waals surface area contributed by atoms with Gasteiger partial charge in [0.1, 0.15) is 17.4 Å². The number of nitrogen functional groups attached to an aromatic ring is 1. The molecule has 0 radical (unpaired) electrons. The van der Waals surface area contributed by atoms with Crippen molar-refractivity contribution >= 4 is 21.7 Å². The van der Waals surface area contributed by atoms with Crippen LogP contribution in [0.5, 0.6) is 11.6 Å². The van der Waals surface area contributed by atoms with Crippen molar-refractivity contribution in [3.05, 3.63) is 34.8 Å². The van der Waals surface area contributed by atoms with Gasteiger partial charge in [0.15, 0.2) is 0 Å². The first-order chi connectivity index (χ1) is 8.17. The fourth-order valence-corrected chi connectivity index (χ4v) is 1.62. The first kappa shape index (κ1) is 11.8. The molecule has 2 aromatic heterocycles. The van der Waals surface area contributed by atoms with Crippen LogP contribution in [0.15, 0.2) is 29.0 Å². The van der Waals surface area contributed by atoms with Crippen LogP contribution in [0, 0.1) is 0 Å². The molecule has 0 aliphatic carbocycles. The first-order valence-corrected chi connectivity index (χ1v) is 5.88. The minimum absolute atomic E-state index is 0.398. The van der Waals surface area contributed by atoms with E-state index in [1.807, 2.05) is 6.92 Å². The lowest BCUT2D eigenvalue weighted by molar-refractivity contribution is 0.457. The van der Waals surface area contributed by atoms with Crippen LogP contribution in [0.4, 0.5) is 5.82 Å². The Morgan fingerprint density at radius 2 is 2.12 bits per heavy atom. The van der Waals surface area contributed by atoms with Crippen LogP contribution in [-0.4, -0.2) is 15.0 Å². The number of hydrogen-bond donors (Lipinski definition) is 1. The van der Waals surface area contributed by atoms with Crippen molar-refractivity contribution in [3.8, 4) is 11.6 Å². The molecule has 88 valence electrons.